The minimum absolute atomic E-state index is 0.0466. The smallest absolute Gasteiger partial charge is 0.317 e. The number of carbonyl (C=O) groups excluding carboxylic acids is 3. The van der Waals surface area contributed by atoms with Gasteiger partial charge in [-0.15, -0.1) is 0 Å². The summed E-state index contributed by atoms with van der Waals surface area (Å²) in [5.74, 6) is -3.67. The van der Waals surface area contributed by atoms with Crippen LogP contribution < -0.4 is 0 Å². The van der Waals surface area contributed by atoms with Crippen LogP contribution in [0.5, 0.6) is 0 Å². The topological polar surface area (TPSA) is 82.0 Å². The van der Waals surface area contributed by atoms with E-state index in [1.165, 1.54) is 0 Å². The van der Waals surface area contributed by atoms with E-state index in [0.29, 0.717) is 17.9 Å². The van der Waals surface area contributed by atoms with Crippen LogP contribution in [-0.2, 0) is 23.9 Å². The molecule has 2 atom stereocenters. The van der Waals surface area contributed by atoms with Gasteiger partial charge in [-0.3, -0.25) is 14.4 Å². The molecule has 1 aliphatic heterocycles. The summed E-state index contributed by atoms with van der Waals surface area (Å²) in [5, 5.41) is 0. The Morgan fingerprint density at radius 1 is 1.17 bits per heavy atom. The molecule has 1 heterocycles. The summed E-state index contributed by atoms with van der Waals surface area (Å²) in [4.78, 5) is 40.2. The fourth-order valence-electron chi connectivity index (χ4n) is 2.47. The summed E-state index contributed by atoms with van der Waals surface area (Å²) in [6.07, 6.45) is -0.572. The zero-order valence-corrected chi connectivity index (χ0v) is 13.2. The van der Waals surface area contributed by atoms with Crippen molar-refractivity contribution in [3.63, 3.8) is 0 Å². The lowest BCUT2D eigenvalue weighted by molar-refractivity contribution is -0.155. The summed E-state index contributed by atoms with van der Waals surface area (Å²) in [6, 6.07) is 9.02. The molecule has 122 valence electrons. The van der Waals surface area contributed by atoms with Gasteiger partial charge < -0.3 is 9.47 Å². The molecule has 23 heavy (non-hydrogen) atoms. The number of carbonyl (C=O) groups is 3. The van der Waals surface area contributed by atoms with E-state index in [1.807, 2.05) is 6.07 Å². The molecule has 0 aliphatic carbocycles. The van der Waals surface area contributed by atoms with Gasteiger partial charge in [-0.05, 0) is 19.4 Å². The molecule has 1 amide bonds. The number of ketones is 1. The Morgan fingerprint density at radius 3 is 2.48 bits per heavy atom. The molecular formula is C17H19NO5. The highest BCUT2D eigenvalue weighted by atomic mass is 16.5. The number of Topliss-reactive ketones (excluding diaryl/α,β-unsaturated/α-hetero) is 1. The lowest BCUT2D eigenvalue weighted by Crippen LogP contribution is -2.33. The average molecular weight is 317 g/mol. The van der Waals surface area contributed by atoms with Crippen LogP contribution >= 0.6 is 0 Å². The Balaban J connectivity index is 2.40. The fourth-order valence-corrected chi connectivity index (χ4v) is 2.47. The van der Waals surface area contributed by atoms with Gasteiger partial charge in [-0.2, -0.15) is 0 Å². The number of esters is 1. The molecule has 1 aromatic carbocycles. The Hall–Kier alpha value is -2.34. The fraction of sp³-hybridized carbons (Fsp3) is 0.412. The van der Waals surface area contributed by atoms with Gasteiger partial charge in [0.25, 0.3) is 0 Å². The highest BCUT2D eigenvalue weighted by Gasteiger charge is 2.40. The van der Waals surface area contributed by atoms with E-state index in [2.05, 4.69) is 4.99 Å². The van der Waals surface area contributed by atoms with Crippen molar-refractivity contribution >= 4 is 23.4 Å². The van der Waals surface area contributed by atoms with Crippen LogP contribution in [0.15, 0.2) is 35.3 Å². The van der Waals surface area contributed by atoms with Gasteiger partial charge in [0.05, 0.1) is 12.3 Å². The normalized spacial score (nSPS) is 21.6. The molecule has 0 radical (unpaired) electrons. The van der Waals surface area contributed by atoms with Crippen LogP contribution in [0.2, 0.25) is 0 Å². The first-order valence-electron chi connectivity index (χ1n) is 7.58. The minimum atomic E-state index is -1.18. The van der Waals surface area contributed by atoms with Crippen molar-refractivity contribution in [2.45, 2.75) is 26.4 Å². The standard InChI is InChI=1S/C17H19NO5/c1-3-22-13-10-12(17(21)23-4-2)15(19)16(20)18-14(13)11-8-6-5-7-9-11/h5-9,12-13H,3-4,10H2,1-2H3. The zero-order chi connectivity index (χ0) is 16.8. The Kier molecular flexibility index (Phi) is 5.76. The number of aliphatic imine (C=N–C) groups is 1. The highest BCUT2D eigenvalue weighted by Crippen LogP contribution is 2.22. The Labute approximate surface area is 134 Å². The second kappa shape index (κ2) is 7.78. The van der Waals surface area contributed by atoms with E-state index in [4.69, 9.17) is 9.47 Å². The van der Waals surface area contributed by atoms with Gasteiger partial charge >= 0.3 is 11.9 Å². The van der Waals surface area contributed by atoms with Gasteiger partial charge in [-0.25, -0.2) is 4.99 Å². The SMILES string of the molecule is CCOC(=O)C1CC(OCC)C(c2ccccc2)=NC(=O)C1=O. The third kappa shape index (κ3) is 3.90. The number of amides is 1. The summed E-state index contributed by atoms with van der Waals surface area (Å²) in [5.41, 5.74) is 1.06. The predicted octanol–water partition coefficient (Wildman–Crippen LogP) is 1.56. The second-order valence-corrected chi connectivity index (χ2v) is 5.02. The lowest BCUT2D eigenvalue weighted by atomic mass is 9.94. The van der Waals surface area contributed by atoms with Gasteiger partial charge in [0.15, 0.2) is 0 Å². The van der Waals surface area contributed by atoms with E-state index in [9.17, 15) is 14.4 Å². The summed E-state index contributed by atoms with van der Waals surface area (Å²) in [7, 11) is 0. The van der Waals surface area contributed by atoms with E-state index in [-0.39, 0.29) is 13.0 Å². The molecule has 0 spiro atoms. The summed E-state index contributed by atoms with van der Waals surface area (Å²) < 4.78 is 10.5. The number of nitrogens with zero attached hydrogens (tertiary/aromatic N) is 1. The van der Waals surface area contributed by atoms with E-state index in [0.717, 1.165) is 0 Å². The molecule has 0 aromatic heterocycles. The molecule has 6 nitrogen and oxygen atoms in total. The third-order valence-electron chi connectivity index (χ3n) is 3.51. The van der Waals surface area contributed by atoms with Crippen molar-refractivity contribution in [2.24, 2.45) is 10.9 Å². The zero-order valence-electron chi connectivity index (χ0n) is 13.2. The molecule has 0 bridgehead atoms. The number of rotatable bonds is 5. The van der Waals surface area contributed by atoms with E-state index < -0.39 is 29.7 Å². The van der Waals surface area contributed by atoms with Crippen molar-refractivity contribution in [2.75, 3.05) is 13.2 Å². The maximum absolute atomic E-state index is 12.2. The molecule has 0 fully saturated rings. The van der Waals surface area contributed by atoms with Crippen molar-refractivity contribution in [3.8, 4) is 0 Å². The third-order valence-corrected chi connectivity index (χ3v) is 3.51. The maximum Gasteiger partial charge on any atom is 0.317 e. The number of hydrogen-bond donors (Lipinski definition) is 0. The number of hydrogen-bond acceptors (Lipinski definition) is 5. The first-order valence-corrected chi connectivity index (χ1v) is 7.58. The first kappa shape index (κ1) is 17.0. The molecular weight excluding hydrogens is 298 g/mol. The summed E-state index contributed by atoms with van der Waals surface area (Å²) >= 11 is 0. The van der Waals surface area contributed by atoms with Crippen molar-refractivity contribution in [3.05, 3.63) is 35.9 Å². The van der Waals surface area contributed by atoms with Crippen LogP contribution in [0.4, 0.5) is 0 Å². The minimum Gasteiger partial charge on any atom is -0.465 e. The van der Waals surface area contributed by atoms with Gasteiger partial charge in [-0.1, -0.05) is 30.3 Å². The van der Waals surface area contributed by atoms with Gasteiger partial charge in [0.2, 0.25) is 5.78 Å². The van der Waals surface area contributed by atoms with Crippen LogP contribution in [0, 0.1) is 5.92 Å². The van der Waals surface area contributed by atoms with Crippen LogP contribution in [0.1, 0.15) is 25.8 Å². The Bertz CT molecular complexity index is 623. The number of benzene rings is 1. The van der Waals surface area contributed by atoms with Crippen molar-refractivity contribution in [1.29, 1.82) is 0 Å². The maximum atomic E-state index is 12.2. The predicted molar refractivity (Wildman–Crippen MR) is 83.1 cm³/mol. The molecule has 0 saturated carbocycles. The number of ether oxygens (including phenoxy) is 2. The monoisotopic (exact) mass is 317 g/mol. The molecule has 6 heteroatoms. The largest absolute Gasteiger partial charge is 0.465 e. The van der Waals surface area contributed by atoms with Crippen LogP contribution in [0.25, 0.3) is 0 Å². The average Bonchev–Trinajstić information content (AvgIpc) is 2.68. The summed E-state index contributed by atoms with van der Waals surface area (Å²) in [6.45, 7) is 3.96. The second-order valence-electron chi connectivity index (χ2n) is 5.02. The van der Waals surface area contributed by atoms with E-state index in [1.54, 1.807) is 38.1 Å². The lowest BCUT2D eigenvalue weighted by Gasteiger charge is -2.20. The van der Waals surface area contributed by atoms with Gasteiger partial charge in [0.1, 0.15) is 12.0 Å². The van der Waals surface area contributed by atoms with Crippen molar-refractivity contribution in [1.82, 2.24) is 0 Å². The molecule has 0 saturated heterocycles. The van der Waals surface area contributed by atoms with E-state index >= 15 is 0 Å². The molecule has 1 aromatic rings. The molecule has 2 rings (SSSR count). The van der Waals surface area contributed by atoms with Gasteiger partial charge in [0, 0.05) is 13.0 Å². The molecule has 1 aliphatic rings. The molecule has 2 unspecified atom stereocenters. The van der Waals surface area contributed by atoms with Crippen LogP contribution in [0.3, 0.4) is 0 Å². The molecule has 0 N–H and O–H groups in total. The van der Waals surface area contributed by atoms with Crippen molar-refractivity contribution < 1.29 is 23.9 Å². The highest BCUT2D eigenvalue weighted by molar-refractivity contribution is 6.43. The quantitative estimate of drug-likeness (QED) is 0.467. The Morgan fingerprint density at radius 2 is 1.87 bits per heavy atom. The first-order chi connectivity index (χ1) is 11.1. The van der Waals surface area contributed by atoms with Crippen LogP contribution in [-0.4, -0.2) is 42.7 Å².